The molecule has 2 heterocycles. The molecule has 0 radical (unpaired) electrons. The Kier molecular flexibility index (Phi) is 5.63. The summed E-state index contributed by atoms with van der Waals surface area (Å²) in [6.45, 7) is 3.68. The zero-order valence-electron chi connectivity index (χ0n) is 11.6. The van der Waals surface area contributed by atoms with E-state index in [1.54, 1.807) is 0 Å². The number of anilines is 2. The Balaban J connectivity index is 0.00000220. The number of unbranched alkanes of at least 4 members (excludes halogenated alkanes) is 1. The van der Waals surface area contributed by atoms with Crippen LogP contribution in [0.1, 0.15) is 32.0 Å². The minimum Gasteiger partial charge on any atom is -0.870 e. The molecule has 1 aromatic heterocycles. The summed E-state index contributed by atoms with van der Waals surface area (Å²) in [7, 11) is -4.68. The van der Waals surface area contributed by atoms with E-state index in [2.05, 4.69) is 14.3 Å². The SMILES string of the molecule is CCCCc1nc(N2CCC2)nc(N)[n+]1OS(=O)(=O)O.[OH-]. The number of nitrogens with zero attached hydrogens (tertiary/aromatic N) is 4. The second-order valence-electron chi connectivity index (χ2n) is 4.54. The van der Waals surface area contributed by atoms with Gasteiger partial charge in [0.15, 0.2) is 0 Å². The highest BCUT2D eigenvalue weighted by Gasteiger charge is 2.28. The molecule has 1 saturated heterocycles. The smallest absolute Gasteiger partial charge is 0.474 e. The van der Waals surface area contributed by atoms with Crippen LogP contribution in [0.25, 0.3) is 0 Å². The molecule has 0 saturated carbocycles. The molecule has 1 aliphatic heterocycles. The van der Waals surface area contributed by atoms with Gasteiger partial charge in [0, 0.05) is 19.5 Å². The van der Waals surface area contributed by atoms with Crippen molar-refractivity contribution in [2.75, 3.05) is 23.7 Å². The van der Waals surface area contributed by atoms with Crippen molar-refractivity contribution in [3.8, 4) is 0 Å². The van der Waals surface area contributed by atoms with Crippen LogP contribution in [0.2, 0.25) is 0 Å². The third kappa shape index (κ3) is 4.37. The average molecular weight is 321 g/mol. The first-order valence-corrected chi connectivity index (χ1v) is 7.78. The van der Waals surface area contributed by atoms with Gasteiger partial charge in [-0.05, 0) is 17.6 Å². The first-order chi connectivity index (χ1) is 9.40. The molecule has 11 heteroatoms. The summed E-state index contributed by atoms with van der Waals surface area (Å²) in [5.41, 5.74) is 5.70. The minimum absolute atomic E-state index is 0. The van der Waals surface area contributed by atoms with Crippen LogP contribution in [0, 0.1) is 0 Å². The predicted molar refractivity (Wildman–Crippen MR) is 72.1 cm³/mol. The summed E-state index contributed by atoms with van der Waals surface area (Å²) in [4.78, 5) is 10.2. The van der Waals surface area contributed by atoms with Crippen LogP contribution in [0.15, 0.2) is 0 Å². The lowest BCUT2D eigenvalue weighted by atomic mass is 10.2. The van der Waals surface area contributed by atoms with Gasteiger partial charge in [-0.25, -0.2) is 4.28 Å². The Morgan fingerprint density at radius 2 is 2.10 bits per heavy atom. The van der Waals surface area contributed by atoms with E-state index < -0.39 is 10.4 Å². The van der Waals surface area contributed by atoms with Gasteiger partial charge in [-0.2, -0.15) is 8.42 Å². The van der Waals surface area contributed by atoms with Crippen molar-refractivity contribution in [3.05, 3.63) is 5.82 Å². The molecule has 1 aliphatic rings. The zero-order chi connectivity index (χ0) is 14.8. The molecule has 4 N–H and O–H groups in total. The third-order valence-electron chi connectivity index (χ3n) is 2.95. The van der Waals surface area contributed by atoms with E-state index in [4.69, 9.17) is 10.3 Å². The van der Waals surface area contributed by atoms with Gasteiger partial charge in [-0.1, -0.05) is 23.3 Å². The molecule has 2 rings (SSSR count). The van der Waals surface area contributed by atoms with Crippen molar-refractivity contribution in [2.24, 2.45) is 0 Å². The van der Waals surface area contributed by atoms with Gasteiger partial charge in [0.25, 0.3) is 5.82 Å². The molecule has 1 aromatic rings. The number of nitrogens with two attached hydrogens (primary N) is 1. The maximum absolute atomic E-state index is 10.9. The van der Waals surface area contributed by atoms with Gasteiger partial charge < -0.3 is 16.1 Å². The van der Waals surface area contributed by atoms with Crippen LogP contribution < -0.4 is 19.6 Å². The monoisotopic (exact) mass is 321 g/mol. The van der Waals surface area contributed by atoms with Gasteiger partial charge in [0.05, 0.1) is 0 Å². The molecule has 0 aliphatic carbocycles. The van der Waals surface area contributed by atoms with E-state index in [1.165, 1.54) is 0 Å². The van der Waals surface area contributed by atoms with Crippen LogP contribution in [0.3, 0.4) is 0 Å². The summed E-state index contributed by atoms with van der Waals surface area (Å²) < 4.78 is 35.7. The summed E-state index contributed by atoms with van der Waals surface area (Å²) in [6, 6.07) is 0. The molecule has 21 heavy (non-hydrogen) atoms. The van der Waals surface area contributed by atoms with Gasteiger partial charge >= 0.3 is 22.3 Å². The molecule has 0 amide bonds. The van der Waals surface area contributed by atoms with Crippen molar-refractivity contribution < 1.29 is 27.5 Å². The predicted octanol–water partition coefficient (Wildman–Crippen LogP) is -1.05. The summed E-state index contributed by atoms with van der Waals surface area (Å²) >= 11 is 0. The van der Waals surface area contributed by atoms with Crippen molar-refractivity contribution in [3.63, 3.8) is 0 Å². The number of aryl methyl sites for hydroxylation is 1. The average Bonchev–Trinajstić information content (AvgIpc) is 2.26. The van der Waals surface area contributed by atoms with Crippen LogP contribution in [-0.4, -0.2) is 41.5 Å². The molecule has 0 spiro atoms. The highest BCUT2D eigenvalue weighted by atomic mass is 32.3. The first kappa shape index (κ1) is 17.3. The number of aromatic nitrogens is 3. The topological polar surface area (TPSA) is 153 Å². The summed E-state index contributed by atoms with van der Waals surface area (Å²) in [5.74, 6) is 0.611. The van der Waals surface area contributed by atoms with Crippen molar-refractivity contribution in [2.45, 2.75) is 32.6 Å². The molecule has 0 atom stereocenters. The highest BCUT2D eigenvalue weighted by Crippen LogP contribution is 2.16. The van der Waals surface area contributed by atoms with Crippen LogP contribution in [0.5, 0.6) is 0 Å². The Morgan fingerprint density at radius 3 is 2.57 bits per heavy atom. The quantitative estimate of drug-likeness (QED) is 0.493. The number of hydrogen-bond donors (Lipinski definition) is 2. The van der Waals surface area contributed by atoms with E-state index in [0.717, 1.165) is 37.1 Å². The van der Waals surface area contributed by atoms with E-state index in [0.29, 0.717) is 18.2 Å². The number of hydrogen-bond acceptors (Lipinski definition) is 8. The lowest BCUT2D eigenvalue weighted by Gasteiger charge is -2.28. The molecule has 0 aromatic carbocycles. The highest BCUT2D eigenvalue weighted by molar-refractivity contribution is 7.80. The van der Waals surface area contributed by atoms with E-state index >= 15 is 0 Å². The summed E-state index contributed by atoms with van der Waals surface area (Å²) in [6.07, 6.45) is 3.21. The summed E-state index contributed by atoms with van der Waals surface area (Å²) in [5, 5.41) is 0. The fourth-order valence-electron chi connectivity index (χ4n) is 1.79. The zero-order valence-corrected chi connectivity index (χ0v) is 12.5. The number of rotatable bonds is 6. The molecule has 0 bridgehead atoms. The standard InChI is InChI=1S/C10H17N5O4S.H2O/c1-2-3-5-8-12-10(14-6-4-7-14)13-9(11)15(8)19-20(16,17)18;/h11H,2-7H2,1H3,(H,16,17,18);1H2. The Bertz CT molecular complexity index is 590. The third-order valence-corrected chi connectivity index (χ3v) is 3.29. The van der Waals surface area contributed by atoms with E-state index in [1.807, 2.05) is 11.8 Å². The molecular weight excluding hydrogens is 302 g/mol. The molecular formula is C10H19N5O5S. The second-order valence-corrected chi connectivity index (χ2v) is 5.54. The van der Waals surface area contributed by atoms with Crippen LogP contribution in [0.4, 0.5) is 11.9 Å². The molecule has 0 unspecified atom stereocenters. The molecule has 1 fully saturated rings. The van der Waals surface area contributed by atoms with Crippen molar-refractivity contribution >= 4 is 22.3 Å². The fourth-order valence-corrected chi connectivity index (χ4v) is 2.14. The normalized spacial score (nSPS) is 14.3. The Morgan fingerprint density at radius 1 is 1.43 bits per heavy atom. The van der Waals surface area contributed by atoms with Crippen LogP contribution in [-0.2, 0) is 16.8 Å². The lowest BCUT2D eigenvalue weighted by Crippen LogP contribution is -2.53. The van der Waals surface area contributed by atoms with E-state index in [-0.39, 0.29) is 11.4 Å². The van der Waals surface area contributed by atoms with Gasteiger partial charge in [-0.15, -0.1) is 0 Å². The number of nitrogen functional groups attached to an aromatic ring is 1. The van der Waals surface area contributed by atoms with Gasteiger partial charge in [-0.3, -0.25) is 4.55 Å². The van der Waals surface area contributed by atoms with E-state index in [9.17, 15) is 8.42 Å². The maximum atomic E-state index is 10.9. The van der Waals surface area contributed by atoms with Gasteiger partial charge in [0.1, 0.15) is 0 Å². The van der Waals surface area contributed by atoms with Crippen LogP contribution >= 0.6 is 0 Å². The Hall–Kier alpha value is -1.72. The fraction of sp³-hybridized carbons (Fsp3) is 0.700. The van der Waals surface area contributed by atoms with Crippen molar-refractivity contribution in [1.29, 1.82) is 0 Å². The first-order valence-electron chi connectivity index (χ1n) is 6.41. The van der Waals surface area contributed by atoms with Crippen molar-refractivity contribution in [1.82, 2.24) is 9.97 Å². The molecule has 10 nitrogen and oxygen atoms in total. The maximum Gasteiger partial charge on any atom is 0.474 e. The largest absolute Gasteiger partial charge is 0.870 e. The molecule has 120 valence electrons. The second kappa shape index (κ2) is 6.83. The minimum atomic E-state index is -4.68. The lowest BCUT2D eigenvalue weighted by molar-refractivity contribution is -0.854. The Labute approximate surface area is 122 Å². The van der Waals surface area contributed by atoms with Gasteiger partial charge in [0.2, 0.25) is 0 Å².